The zero-order valence-corrected chi connectivity index (χ0v) is 15.3. The van der Waals surface area contributed by atoms with E-state index in [2.05, 4.69) is 14.8 Å². The number of piperidine rings is 1. The quantitative estimate of drug-likeness (QED) is 0.702. The summed E-state index contributed by atoms with van der Waals surface area (Å²) in [4.78, 5) is 12.9. The minimum Gasteiger partial charge on any atom is -0.395 e. The SMILES string of the molecule is OCCN1CCC(N(Cc2ccc(F)cc2)c2nc3ccccc3[nH]2)CC1. The van der Waals surface area contributed by atoms with Crippen LogP contribution in [0.15, 0.2) is 48.5 Å². The van der Waals surface area contributed by atoms with Crippen molar-refractivity contribution < 1.29 is 9.50 Å². The van der Waals surface area contributed by atoms with Gasteiger partial charge in [0.2, 0.25) is 5.95 Å². The topological polar surface area (TPSA) is 55.4 Å². The van der Waals surface area contributed by atoms with Gasteiger partial charge in [-0.05, 0) is 42.7 Å². The molecule has 0 saturated carbocycles. The molecular formula is C21H25FN4O. The average Bonchev–Trinajstić information content (AvgIpc) is 3.12. The highest BCUT2D eigenvalue weighted by Gasteiger charge is 2.26. The predicted octanol–water partition coefficient (Wildman–Crippen LogP) is 3.17. The minimum absolute atomic E-state index is 0.202. The molecule has 0 radical (unpaired) electrons. The number of fused-ring (bicyclic) bond motifs is 1. The standard InChI is InChI=1S/C21H25FN4O/c22-17-7-5-16(6-8-17)15-26(18-9-11-25(12-10-18)13-14-27)21-23-19-3-1-2-4-20(19)24-21/h1-8,18,27H,9-15H2,(H,23,24). The van der Waals surface area contributed by atoms with Crippen LogP contribution >= 0.6 is 0 Å². The van der Waals surface area contributed by atoms with Gasteiger partial charge in [0.05, 0.1) is 17.6 Å². The van der Waals surface area contributed by atoms with E-state index in [9.17, 15) is 9.50 Å². The lowest BCUT2D eigenvalue weighted by atomic mass is 10.0. The number of aliphatic hydroxyl groups excluding tert-OH is 1. The number of aromatic nitrogens is 2. The number of aromatic amines is 1. The molecule has 1 aromatic heterocycles. The van der Waals surface area contributed by atoms with Crippen molar-refractivity contribution in [1.29, 1.82) is 0 Å². The summed E-state index contributed by atoms with van der Waals surface area (Å²) in [5.41, 5.74) is 3.04. The second-order valence-corrected chi connectivity index (χ2v) is 7.13. The highest BCUT2D eigenvalue weighted by molar-refractivity contribution is 5.77. The van der Waals surface area contributed by atoms with Gasteiger partial charge in [0.25, 0.3) is 0 Å². The first-order valence-electron chi connectivity index (χ1n) is 9.52. The molecular weight excluding hydrogens is 343 g/mol. The molecule has 0 atom stereocenters. The normalized spacial score (nSPS) is 16.1. The van der Waals surface area contributed by atoms with Crippen LogP contribution in [0, 0.1) is 5.82 Å². The number of anilines is 1. The van der Waals surface area contributed by atoms with Gasteiger partial charge in [0.15, 0.2) is 0 Å². The van der Waals surface area contributed by atoms with E-state index in [1.165, 1.54) is 12.1 Å². The van der Waals surface area contributed by atoms with Crippen molar-refractivity contribution in [2.75, 3.05) is 31.1 Å². The summed E-state index contributed by atoms with van der Waals surface area (Å²) < 4.78 is 13.3. The van der Waals surface area contributed by atoms with Crippen LogP contribution in [0.1, 0.15) is 18.4 Å². The fraction of sp³-hybridized carbons (Fsp3) is 0.381. The molecule has 0 unspecified atom stereocenters. The van der Waals surface area contributed by atoms with Gasteiger partial charge in [0.1, 0.15) is 5.82 Å². The first-order valence-corrected chi connectivity index (χ1v) is 9.52. The third-order valence-electron chi connectivity index (χ3n) is 5.33. The molecule has 27 heavy (non-hydrogen) atoms. The molecule has 1 aliphatic heterocycles. The Labute approximate surface area is 158 Å². The van der Waals surface area contributed by atoms with Crippen LogP contribution < -0.4 is 4.90 Å². The van der Waals surface area contributed by atoms with Gasteiger partial charge in [-0.15, -0.1) is 0 Å². The lowest BCUT2D eigenvalue weighted by Gasteiger charge is -2.38. The maximum absolute atomic E-state index is 13.3. The summed E-state index contributed by atoms with van der Waals surface area (Å²) in [6, 6.07) is 15.1. The Morgan fingerprint density at radius 2 is 1.85 bits per heavy atom. The van der Waals surface area contributed by atoms with E-state index >= 15 is 0 Å². The number of aliphatic hydroxyl groups is 1. The van der Waals surface area contributed by atoms with Crippen molar-refractivity contribution in [2.45, 2.75) is 25.4 Å². The van der Waals surface area contributed by atoms with Gasteiger partial charge in [-0.2, -0.15) is 0 Å². The van der Waals surface area contributed by atoms with Crippen LogP contribution in [0.5, 0.6) is 0 Å². The molecule has 3 aromatic rings. The second-order valence-electron chi connectivity index (χ2n) is 7.13. The summed E-state index contributed by atoms with van der Waals surface area (Å²) >= 11 is 0. The molecule has 5 nitrogen and oxygen atoms in total. The maximum Gasteiger partial charge on any atom is 0.204 e. The third kappa shape index (κ3) is 4.12. The largest absolute Gasteiger partial charge is 0.395 e. The zero-order valence-electron chi connectivity index (χ0n) is 15.3. The van der Waals surface area contributed by atoms with Crippen molar-refractivity contribution in [1.82, 2.24) is 14.9 Å². The van der Waals surface area contributed by atoms with Crippen LogP contribution in [0.4, 0.5) is 10.3 Å². The zero-order chi connectivity index (χ0) is 18.6. The number of β-amino-alcohol motifs (C(OH)–C–C–N with tert-alkyl or cyclic N) is 1. The number of H-pyrrole nitrogens is 1. The lowest BCUT2D eigenvalue weighted by Crippen LogP contribution is -2.45. The number of nitrogens with zero attached hydrogens (tertiary/aromatic N) is 3. The smallest absolute Gasteiger partial charge is 0.204 e. The molecule has 0 aliphatic carbocycles. The van der Waals surface area contributed by atoms with Gasteiger partial charge in [0, 0.05) is 32.2 Å². The molecule has 1 fully saturated rings. The van der Waals surface area contributed by atoms with Crippen molar-refractivity contribution in [2.24, 2.45) is 0 Å². The molecule has 0 bridgehead atoms. The van der Waals surface area contributed by atoms with Crippen LogP contribution in [0.25, 0.3) is 11.0 Å². The van der Waals surface area contributed by atoms with Gasteiger partial charge in [-0.1, -0.05) is 24.3 Å². The van der Waals surface area contributed by atoms with Crippen molar-refractivity contribution in [3.63, 3.8) is 0 Å². The van der Waals surface area contributed by atoms with E-state index in [1.54, 1.807) is 0 Å². The van der Waals surface area contributed by atoms with E-state index < -0.39 is 0 Å². The monoisotopic (exact) mass is 368 g/mol. The molecule has 2 heterocycles. The Hall–Kier alpha value is -2.44. The van der Waals surface area contributed by atoms with Crippen molar-refractivity contribution in [3.05, 3.63) is 59.9 Å². The first-order chi connectivity index (χ1) is 13.2. The van der Waals surface area contributed by atoms with E-state index in [4.69, 9.17) is 4.98 Å². The number of imidazole rings is 1. The van der Waals surface area contributed by atoms with Gasteiger partial charge in [-0.25, -0.2) is 9.37 Å². The van der Waals surface area contributed by atoms with Gasteiger partial charge < -0.3 is 19.9 Å². The van der Waals surface area contributed by atoms with E-state index in [1.807, 2.05) is 36.4 Å². The van der Waals surface area contributed by atoms with Crippen molar-refractivity contribution in [3.8, 4) is 0 Å². The third-order valence-corrected chi connectivity index (χ3v) is 5.33. The number of hydrogen-bond donors (Lipinski definition) is 2. The Balaban J connectivity index is 1.59. The molecule has 0 amide bonds. The van der Waals surface area contributed by atoms with Crippen LogP contribution in [0.3, 0.4) is 0 Å². The molecule has 2 aromatic carbocycles. The molecule has 0 spiro atoms. The summed E-state index contributed by atoms with van der Waals surface area (Å²) in [5, 5.41) is 9.17. The number of halogens is 1. The van der Waals surface area contributed by atoms with Crippen molar-refractivity contribution >= 4 is 17.0 Å². The van der Waals surface area contributed by atoms with Gasteiger partial charge in [-0.3, -0.25) is 0 Å². The number of benzene rings is 2. The Morgan fingerprint density at radius 1 is 1.11 bits per heavy atom. The number of rotatable bonds is 6. The Kier molecular flexibility index (Phi) is 5.36. The minimum atomic E-state index is -0.216. The van der Waals surface area contributed by atoms with Crippen LogP contribution in [0.2, 0.25) is 0 Å². The summed E-state index contributed by atoms with van der Waals surface area (Å²) in [6.45, 7) is 3.55. The average molecular weight is 368 g/mol. The number of nitrogens with one attached hydrogen (secondary N) is 1. The van der Waals surface area contributed by atoms with E-state index in [-0.39, 0.29) is 12.4 Å². The van der Waals surface area contributed by atoms with Crippen LogP contribution in [-0.2, 0) is 6.54 Å². The maximum atomic E-state index is 13.3. The number of likely N-dealkylation sites (tertiary alicyclic amines) is 1. The summed E-state index contributed by atoms with van der Waals surface area (Å²) in [7, 11) is 0. The number of para-hydroxylation sites is 2. The van der Waals surface area contributed by atoms with Gasteiger partial charge >= 0.3 is 0 Å². The molecule has 2 N–H and O–H groups in total. The molecule has 6 heteroatoms. The summed E-state index contributed by atoms with van der Waals surface area (Å²) in [6.07, 6.45) is 2.02. The Bertz CT molecular complexity index is 838. The molecule has 4 rings (SSSR count). The molecule has 1 saturated heterocycles. The summed E-state index contributed by atoms with van der Waals surface area (Å²) in [5.74, 6) is 0.646. The lowest BCUT2D eigenvalue weighted by molar-refractivity contribution is 0.162. The Morgan fingerprint density at radius 3 is 2.56 bits per heavy atom. The van der Waals surface area contributed by atoms with E-state index in [0.29, 0.717) is 12.6 Å². The highest BCUT2D eigenvalue weighted by Crippen LogP contribution is 2.26. The fourth-order valence-corrected chi connectivity index (χ4v) is 3.83. The predicted molar refractivity (Wildman–Crippen MR) is 105 cm³/mol. The molecule has 142 valence electrons. The fourth-order valence-electron chi connectivity index (χ4n) is 3.83. The highest BCUT2D eigenvalue weighted by atomic mass is 19.1. The van der Waals surface area contributed by atoms with Crippen LogP contribution in [-0.4, -0.2) is 52.3 Å². The second kappa shape index (κ2) is 8.06. The first kappa shape index (κ1) is 17.9. The number of hydrogen-bond acceptors (Lipinski definition) is 4. The van der Waals surface area contributed by atoms with E-state index in [0.717, 1.165) is 55.0 Å². The molecule has 1 aliphatic rings.